The van der Waals surface area contributed by atoms with E-state index in [0.29, 0.717) is 17.1 Å². The Morgan fingerprint density at radius 3 is 2.29 bits per heavy atom. The Bertz CT molecular complexity index is 555. The van der Waals surface area contributed by atoms with Gasteiger partial charge in [-0.25, -0.2) is 8.78 Å². The lowest BCUT2D eigenvalue weighted by Gasteiger charge is -2.09. The number of nitrogens with one attached hydrogen (secondary N) is 1. The van der Waals surface area contributed by atoms with Gasteiger partial charge in [0, 0.05) is 11.8 Å². The minimum atomic E-state index is -0.666. The van der Waals surface area contributed by atoms with E-state index in [2.05, 4.69) is 5.32 Å². The first-order chi connectivity index (χ1) is 8.06. The van der Waals surface area contributed by atoms with Gasteiger partial charge in [-0.2, -0.15) is 0 Å². The van der Waals surface area contributed by atoms with E-state index in [9.17, 15) is 8.78 Å². The molecule has 0 amide bonds. The number of hydrogen-bond acceptors (Lipinski definition) is 3. The molecule has 2 aromatic carbocycles. The van der Waals surface area contributed by atoms with Gasteiger partial charge in [-0.05, 0) is 30.3 Å². The van der Waals surface area contributed by atoms with Crippen molar-refractivity contribution in [2.24, 2.45) is 0 Å². The van der Waals surface area contributed by atoms with Crippen LogP contribution in [-0.4, -0.2) is 0 Å². The maximum atomic E-state index is 13.4. The van der Waals surface area contributed by atoms with Crippen LogP contribution >= 0.6 is 0 Å². The molecule has 3 nitrogen and oxygen atoms in total. The fourth-order valence-electron chi connectivity index (χ4n) is 1.40. The minimum absolute atomic E-state index is 0.176. The quantitative estimate of drug-likeness (QED) is 0.701. The minimum Gasteiger partial charge on any atom is -0.397 e. The van der Waals surface area contributed by atoms with Crippen LogP contribution in [0.4, 0.5) is 31.5 Å². The van der Waals surface area contributed by atoms with Gasteiger partial charge >= 0.3 is 0 Å². The molecular weight excluding hydrogens is 224 g/mol. The van der Waals surface area contributed by atoms with Gasteiger partial charge in [0.1, 0.15) is 11.6 Å². The molecule has 0 saturated carbocycles. The monoisotopic (exact) mass is 235 g/mol. The van der Waals surface area contributed by atoms with E-state index in [-0.39, 0.29) is 5.69 Å². The van der Waals surface area contributed by atoms with Crippen LogP contribution in [0, 0.1) is 11.6 Å². The van der Waals surface area contributed by atoms with Crippen molar-refractivity contribution < 1.29 is 8.78 Å². The Morgan fingerprint density at radius 2 is 1.65 bits per heavy atom. The van der Waals surface area contributed by atoms with Gasteiger partial charge in [0.15, 0.2) is 0 Å². The van der Waals surface area contributed by atoms with Crippen LogP contribution in [0.1, 0.15) is 0 Å². The number of nitrogen functional groups attached to an aromatic ring is 2. The van der Waals surface area contributed by atoms with Crippen molar-refractivity contribution >= 4 is 22.7 Å². The molecule has 0 unspecified atom stereocenters. The first-order valence-corrected chi connectivity index (χ1v) is 4.93. The Kier molecular flexibility index (Phi) is 2.82. The molecular formula is C12H11F2N3. The molecule has 0 bridgehead atoms. The molecule has 2 aromatic rings. The number of benzene rings is 2. The zero-order chi connectivity index (χ0) is 12.4. The van der Waals surface area contributed by atoms with Crippen molar-refractivity contribution in [3.63, 3.8) is 0 Å². The van der Waals surface area contributed by atoms with Crippen LogP contribution in [0.25, 0.3) is 0 Å². The summed E-state index contributed by atoms with van der Waals surface area (Å²) in [6.07, 6.45) is 0. The van der Waals surface area contributed by atoms with E-state index < -0.39 is 11.6 Å². The lowest BCUT2D eigenvalue weighted by atomic mass is 10.2. The summed E-state index contributed by atoms with van der Waals surface area (Å²) in [7, 11) is 0. The van der Waals surface area contributed by atoms with E-state index in [1.54, 1.807) is 18.2 Å². The summed E-state index contributed by atoms with van der Waals surface area (Å²) >= 11 is 0. The van der Waals surface area contributed by atoms with Gasteiger partial charge in [-0.15, -0.1) is 0 Å². The summed E-state index contributed by atoms with van der Waals surface area (Å²) in [5.41, 5.74) is 12.8. The Morgan fingerprint density at radius 1 is 0.882 bits per heavy atom. The molecule has 5 N–H and O–H groups in total. The molecule has 0 spiro atoms. The normalized spacial score (nSPS) is 10.2. The van der Waals surface area contributed by atoms with E-state index in [0.717, 1.165) is 6.07 Å². The molecule has 88 valence electrons. The van der Waals surface area contributed by atoms with Gasteiger partial charge in [0.05, 0.1) is 17.1 Å². The Hall–Kier alpha value is -2.30. The maximum Gasteiger partial charge on any atom is 0.149 e. The number of hydrogen-bond donors (Lipinski definition) is 3. The highest BCUT2D eigenvalue weighted by Gasteiger charge is 2.04. The summed E-state index contributed by atoms with van der Waals surface area (Å²) in [6.45, 7) is 0. The van der Waals surface area contributed by atoms with Crippen LogP contribution in [0.2, 0.25) is 0 Å². The van der Waals surface area contributed by atoms with Gasteiger partial charge in [-0.3, -0.25) is 0 Å². The van der Waals surface area contributed by atoms with Crippen molar-refractivity contribution in [3.8, 4) is 0 Å². The maximum absolute atomic E-state index is 13.4. The van der Waals surface area contributed by atoms with Crippen LogP contribution in [0.5, 0.6) is 0 Å². The second-order valence-corrected chi connectivity index (χ2v) is 3.59. The molecule has 0 radical (unpaired) electrons. The summed E-state index contributed by atoms with van der Waals surface area (Å²) in [6, 6.07) is 8.15. The van der Waals surface area contributed by atoms with Gasteiger partial charge < -0.3 is 16.8 Å². The molecule has 0 fully saturated rings. The van der Waals surface area contributed by atoms with E-state index in [4.69, 9.17) is 11.5 Å². The van der Waals surface area contributed by atoms with Gasteiger partial charge in [0.2, 0.25) is 0 Å². The van der Waals surface area contributed by atoms with Crippen molar-refractivity contribution in [2.45, 2.75) is 0 Å². The van der Waals surface area contributed by atoms with Crippen LogP contribution in [-0.2, 0) is 0 Å². The highest BCUT2D eigenvalue weighted by Crippen LogP contribution is 2.24. The largest absolute Gasteiger partial charge is 0.397 e. The molecule has 0 saturated heterocycles. The second-order valence-electron chi connectivity index (χ2n) is 3.59. The fraction of sp³-hybridized carbons (Fsp3) is 0. The number of anilines is 4. The first-order valence-electron chi connectivity index (χ1n) is 4.93. The molecule has 2 rings (SSSR count). The van der Waals surface area contributed by atoms with E-state index >= 15 is 0 Å². The van der Waals surface area contributed by atoms with E-state index in [1.807, 2.05) is 0 Å². The standard InChI is InChI=1S/C12H11F2N3/c13-7-1-4-12(9(14)5-7)17-8-2-3-10(15)11(16)6-8/h1-6,17H,15-16H2. The topological polar surface area (TPSA) is 64.1 Å². The van der Waals surface area contributed by atoms with Crippen LogP contribution in [0.3, 0.4) is 0 Å². The fourth-order valence-corrected chi connectivity index (χ4v) is 1.40. The SMILES string of the molecule is Nc1ccc(Nc2ccc(F)cc2F)cc1N. The third kappa shape index (κ3) is 2.44. The summed E-state index contributed by atoms with van der Waals surface area (Å²) in [5, 5.41) is 2.79. The van der Waals surface area contributed by atoms with Crippen molar-refractivity contribution in [1.29, 1.82) is 0 Å². The highest BCUT2D eigenvalue weighted by molar-refractivity contribution is 5.72. The lowest BCUT2D eigenvalue weighted by Crippen LogP contribution is -1.98. The lowest BCUT2D eigenvalue weighted by molar-refractivity contribution is 0.586. The number of nitrogens with two attached hydrogens (primary N) is 2. The highest BCUT2D eigenvalue weighted by atomic mass is 19.1. The average molecular weight is 235 g/mol. The van der Waals surface area contributed by atoms with Crippen molar-refractivity contribution in [1.82, 2.24) is 0 Å². The smallest absolute Gasteiger partial charge is 0.149 e. The first kappa shape index (κ1) is 11.2. The molecule has 0 heterocycles. The third-order valence-corrected chi connectivity index (χ3v) is 2.30. The molecule has 0 aliphatic carbocycles. The van der Waals surface area contributed by atoms with Gasteiger partial charge in [0.25, 0.3) is 0 Å². The molecule has 17 heavy (non-hydrogen) atoms. The zero-order valence-corrected chi connectivity index (χ0v) is 8.87. The summed E-state index contributed by atoms with van der Waals surface area (Å²) < 4.78 is 26.1. The molecule has 0 aliphatic rings. The second kappa shape index (κ2) is 4.29. The Balaban J connectivity index is 2.28. The molecule has 5 heteroatoms. The zero-order valence-electron chi connectivity index (χ0n) is 8.87. The van der Waals surface area contributed by atoms with Crippen LogP contribution < -0.4 is 16.8 Å². The van der Waals surface area contributed by atoms with Gasteiger partial charge in [-0.1, -0.05) is 0 Å². The summed E-state index contributed by atoms with van der Waals surface area (Å²) in [5.74, 6) is -1.29. The third-order valence-electron chi connectivity index (χ3n) is 2.30. The molecule has 0 aliphatic heterocycles. The van der Waals surface area contributed by atoms with Crippen LogP contribution in [0.15, 0.2) is 36.4 Å². The molecule has 0 atom stereocenters. The predicted molar refractivity (Wildman–Crippen MR) is 64.9 cm³/mol. The van der Waals surface area contributed by atoms with Crippen molar-refractivity contribution in [2.75, 3.05) is 16.8 Å². The Labute approximate surface area is 97.0 Å². The number of halogens is 2. The summed E-state index contributed by atoms with van der Waals surface area (Å²) in [4.78, 5) is 0. The predicted octanol–water partition coefficient (Wildman–Crippen LogP) is 2.87. The number of rotatable bonds is 2. The molecule has 0 aromatic heterocycles. The average Bonchev–Trinajstić information content (AvgIpc) is 2.27. The van der Waals surface area contributed by atoms with Crippen molar-refractivity contribution in [3.05, 3.63) is 48.0 Å². The van der Waals surface area contributed by atoms with E-state index in [1.165, 1.54) is 12.1 Å².